The predicted octanol–water partition coefficient (Wildman–Crippen LogP) is 2.88. The van der Waals surface area contributed by atoms with Crippen molar-refractivity contribution in [1.29, 1.82) is 0 Å². The van der Waals surface area contributed by atoms with Crippen LogP contribution in [0.1, 0.15) is 23.1 Å². The van der Waals surface area contributed by atoms with Crippen molar-refractivity contribution in [2.45, 2.75) is 26.7 Å². The van der Waals surface area contributed by atoms with Gasteiger partial charge in [0, 0.05) is 25.2 Å². The summed E-state index contributed by atoms with van der Waals surface area (Å²) in [6.45, 7) is 4.43. The van der Waals surface area contributed by atoms with Gasteiger partial charge in [-0.3, -0.25) is 14.4 Å². The second-order valence-electron chi connectivity index (χ2n) is 7.45. The van der Waals surface area contributed by atoms with Crippen LogP contribution in [0.5, 0.6) is 0 Å². The fourth-order valence-corrected chi connectivity index (χ4v) is 3.45. The van der Waals surface area contributed by atoms with Crippen molar-refractivity contribution in [2.75, 3.05) is 25.0 Å². The number of aryl methyl sites for hydroxylation is 2. The van der Waals surface area contributed by atoms with Crippen LogP contribution in [0, 0.1) is 19.8 Å². The van der Waals surface area contributed by atoms with Crippen molar-refractivity contribution in [3.63, 3.8) is 0 Å². The highest BCUT2D eigenvalue weighted by Gasteiger charge is 2.35. The molecule has 2 amide bonds. The molecule has 0 saturated carbocycles. The van der Waals surface area contributed by atoms with Crippen molar-refractivity contribution in [3.05, 3.63) is 65.2 Å². The molecular formula is C23H26N2O4. The Morgan fingerprint density at radius 1 is 1.14 bits per heavy atom. The van der Waals surface area contributed by atoms with Crippen LogP contribution >= 0.6 is 0 Å². The SMILES string of the molecule is Cc1ccc(NC(=O)COC(=O)[C@H]2CC(=O)N(CCc3ccccc3)C2)c(C)c1. The molecule has 1 N–H and O–H groups in total. The highest BCUT2D eigenvalue weighted by molar-refractivity contribution is 5.94. The number of anilines is 1. The van der Waals surface area contributed by atoms with Crippen LogP contribution in [0.25, 0.3) is 0 Å². The maximum Gasteiger partial charge on any atom is 0.311 e. The van der Waals surface area contributed by atoms with E-state index >= 15 is 0 Å². The van der Waals surface area contributed by atoms with Crippen LogP contribution in [0.15, 0.2) is 48.5 Å². The Morgan fingerprint density at radius 2 is 1.90 bits per heavy atom. The van der Waals surface area contributed by atoms with Crippen molar-refractivity contribution in [2.24, 2.45) is 5.92 Å². The first-order valence-corrected chi connectivity index (χ1v) is 9.78. The van der Waals surface area contributed by atoms with E-state index in [1.54, 1.807) is 4.90 Å². The standard InChI is InChI=1S/C23H26N2O4/c1-16-8-9-20(17(2)12-16)24-21(26)15-29-23(28)19-13-22(27)25(14-19)11-10-18-6-4-3-5-7-18/h3-9,12,19H,10-11,13-15H2,1-2H3,(H,24,26)/t19-/m0/s1. The third-order valence-corrected chi connectivity index (χ3v) is 5.06. The Morgan fingerprint density at radius 3 is 2.62 bits per heavy atom. The van der Waals surface area contributed by atoms with E-state index in [0.717, 1.165) is 23.1 Å². The van der Waals surface area contributed by atoms with Gasteiger partial charge in [-0.1, -0.05) is 48.0 Å². The molecule has 6 nitrogen and oxygen atoms in total. The highest BCUT2D eigenvalue weighted by Crippen LogP contribution is 2.20. The minimum Gasteiger partial charge on any atom is -0.455 e. The number of esters is 1. The molecule has 1 heterocycles. The monoisotopic (exact) mass is 394 g/mol. The maximum atomic E-state index is 12.3. The van der Waals surface area contributed by atoms with Gasteiger partial charge in [-0.25, -0.2) is 0 Å². The molecule has 2 aromatic rings. The number of benzene rings is 2. The van der Waals surface area contributed by atoms with Gasteiger partial charge in [0.15, 0.2) is 6.61 Å². The Kier molecular flexibility index (Phi) is 6.65. The molecule has 152 valence electrons. The van der Waals surface area contributed by atoms with Crippen molar-refractivity contribution in [1.82, 2.24) is 4.90 Å². The number of nitrogens with zero attached hydrogens (tertiary/aromatic N) is 1. The molecule has 29 heavy (non-hydrogen) atoms. The minimum atomic E-state index is -0.521. The van der Waals surface area contributed by atoms with Gasteiger partial charge in [0.2, 0.25) is 5.91 Å². The molecule has 1 atom stereocenters. The van der Waals surface area contributed by atoms with Crippen LogP contribution in [-0.4, -0.2) is 42.4 Å². The Hall–Kier alpha value is -3.15. The van der Waals surface area contributed by atoms with E-state index in [1.165, 1.54) is 0 Å². The number of rotatable bonds is 7. The number of hydrogen-bond donors (Lipinski definition) is 1. The van der Waals surface area contributed by atoms with E-state index in [0.29, 0.717) is 18.8 Å². The summed E-state index contributed by atoms with van der Waals surface area (Å²) in [4.78, 5) is 38.3. The molecule has 1 aliphatic rings. The second-order valence-corrected chi connectivity index (χ2v) is 7.45. The summed E-state index contributed by atoms with van der Waals surface area (Å²) in [5.41, 5.74) is 3.89. The zero-order valence-corrected chi connectivity index (χ0v) is 16.8. The van der Waals surface area contributed by atoms with Gasteiger partial charge in [0.25, 0.3) is 5.91 Å². The van der Waals surface area contributed by atoms with Crippen molar-refractivity contribution >= 4 is 23.5 Å². The Bertz CT molecular complexity index is 895. The molecule has 2 aromatic carbocycles. The average molecular weight is 394 g/mol. The van der Waals surface area contributed by atoms with Crippen LogP contribution in [0.2, 0.25) is 0 Å². The minimum absolute atomic E-state index is 0.0531. The Labute approximate surface area is 170 Å². The molecule has 1 fully saturated rings. The molecule has 0 bridgehead atoms. The van der Waals surface area contributed by atoms with E-state index in [9.17, 15) is 14.4 Å². The normalized spacial score (nSPS) is 16.0. The first kappa shape index (κ1) is 20.6. The fourth-order valence-electron chi connectivity index (χ4n) is 3.45. The lowest BCUT2D eigenvalue weighted by Crippen LogP contribution is -2.29. The van der Waals surface area contributed by atoms with E-state index in [4.69, 9.17) is 4.74 Å². The van der Waals surface area contributed by atoms with Crippen molar-refractivity contribution in [3.8, 4) is 0 Å². The third kappa shape index (κ3) is 5.67. The number of amides is 2. The number of nitrogens with one attached hydrogen (secondary N) is 1. The smallest absolute Gasteiger partial charge is 0.311 e. The molecule has 1 saturated heterocycles. The van der Waals surface area contributed by atoms with Gasteiger partial charge in [0.05, 0.1) is 5.92 Å². The molecule has 0 radical (unpaired) electrons. The van der Waals surface area contributed by atoms with Crippen LogP contribution in [0.3, 0.4) is 0 Å². The number of carbonyl (C=O) groups is 3. The summed E-state index contributed by atoms with van der Waals surface area (Å²) in [6, 6.07) is 15.6. The van der Waals surface area contributed by atoms with E-state index in [-0.39, 0.29) is 18.9 Å². The number of ether oxygens (including phenoxy) is 1. The molecule has 0 aromatic heterocycles. The zero-order valence-electron chi connectivity index (χ0n) is 16.8. The number of likely N-dealkylation sites (tertiary alicyclic amines) is 1. The molecule has 1 aliphatic heterocycles. The first-order valence-electron chi connectivity index (χ1n) is 9.78. The van der Waals surface area contributed by atoms with Crippen molar-refractivity contribution < 1.29 is 19.1 Å². The highest BCUT2D eigenvalue weighted by atomic mass is 16.5. The van der Waals surface area contributed by atoms with E-state index in [1.807, 2.05) is 62.4 Å². The van der Waals surface area contributed by atoms with Gasteiger partial charge >= 0.3 is 5.97 Å². The number of carbonyl (C=O) groups excluding carboxylic acids is 3. The topological polar surface area (TPSA) is 75.7 Å². The molecule has 0 aliphatic carbocycles. The molecule has 3 rings (SSSR count). The zero-order chi connectivity index (χ0) is 20.8. The summed E-state index contributed by atoms with van der Waals surface area (Å²) < 4.78 is 5.15. The maximum absolute atomic E-state index is 12.3. The van der Waals surface area contributed by atoms with Gasteiger partial charge in [-0.15, -0.1) is 0 Å². The van der Waals surface area contributed by atoms with Gasteiger partial charge < -0.3 is 15.0 Å². The van der Waals surface area contributed by atoms with E-state index in [2.05, 4.69) is 5.32 Å². The lowest BCUT2D eigenvalue weighted by molar-refractivity contribution is -0.151. The van der Waals surface area contributed by atoms with Crippen LogP contribution < -0.4 is 5.32 Å². The lowest BCUT2D eigenvalue weighted by Gasteiger charge is -2.16. The van der Waals surface area contributed by atoms with Gasteiger partial charge in [-0.2, -0.15) is 0 Å². The summed E-state index contributed by atoms with van der Waals surface area (Å²) in [7, 11) is 0. The van der Waals surface area contributed by atoms with Crippen LogP contribution in [-0.2, 0) is 25.5 Å². The molecular weight excluding hydrogens is 368 g/mol. The summed E-state index contributed by atoms with van der Waals surface area (Å²) in [5.74, 6) is -1.47. The van der Waals surface area contributed by atoms with Crippen LogP contribution in [0.4, 0.5) is 5.69 Å². The van der Waals surface area contributed by atoms with E-state index < -0.39 is 17.8 Å². The lowest BCUT2D eigenvalue weighted by atomic mass is 10.1. The first-order chi connectivity index (χ1) is 13.9. The largest absolute Gasteiger partial charge is 0.455 e. The average Bonchev–Trinajstić information content (AvgIpc) is 3.08. The summed E-state index contributed by atoms with van der Waals surface area (Å²) in [6.07, 6.45) is 0.874. The molecule has 0 unspecified atom stereocenters. The Balaban J connectivity index is 1.44. The van der Waals surface area contributed by atoms with Gasteiger partial charge in [-0.05, 0) is 37.5 Å². The third-order valence-electron chi connectivity index (χ3n) is 5.06. The molecule has 6 heteroatoms. The summed E-state index contributed by atoms with van der Waals surface area (Å²) >= 11 is 0. The summed E-state index contributed by atoms with van der Waals surface area (Å²) in [5, 5.41) is 2.75. The quantitative estimate of drug-likeness (QED) is 0.733. The van der Waals surface area contributed by atoms with Gasteiger partial charge in [0.1, 0.15) is 0 Å². The number of hydrogen-bond acceptors (Lipinski definition) is 4. The molecule has 0 spiro atoms. The predicted molar refractivity (Wildman–Crippen MR) is 110 cm³/mol. The second kappa shape index (κ2) is 9.37. The fraction of sp³-hybridized carbons (Fsp3) is 0.348.